The normalized spacial score (nSPS) is 11.1. The van der Waals surface area contributed by atoms with Crippen LogP contribution < -0.4 is 5.63 Å². The third-order valence-corrected chi connectivity index (χ3v) is 5.44. The van der Waals surface area contributed by atoms with Crippen LogP contribution in [0.1, 0.15) is 11.1 Å². The van der Waals surface area contributed by atoms with Crippen LogP contribution in [0, 0.1) is 18.3 Å². The molecule has 0 saturated heterocycles. The second-order valence-corrected chi connectivity index (χ2v) is 7.85. The fourth-order valence-corrected chi connectivity index (χ4v) is 3.75. The van der Waals surface area contributed by atoms with Crippen molar-refractivity contribution >= 4 is 32.5 Å². The van der Waals surface area contributed by atoms with Crippen molar-refractivity contribution < 1.29 is 4.42 Å². The Labute approximate surface area is 179 Å². The lowest BCUT2D eigenvalue weighted by Crippen LogP contribution is -2.07. The minimum Gasteiger partial charge on any atom is -0.422 e. The Morgan fingerprint density at radius 1 is 1.10 bits per heavy atom. The Bertz CT molecular complexity index is 1540. The van der Waals surface area contributed by atoms with Crippen LogP contribution in [0.3, 0.4) is 0 Å². The van der Waals surface area contributed by atoms with Crippen LogP contribution in [0.25, 0.3) is 39.0 Å². The molecule has 5 rings (SSSR count). The molecule has 0 amide bonds. The molecule has 0 bridgehead atoms. The molecule has 0 aliphatic heterocycles. The maximum absolute atomic E-state index is 12.4. The number of nitrogens with zero attached hydrogens (tertiary/aromatic N) is 4. The van der Waals surface area contributed by atoms with E-state index in [0.29, 0.717) is 27.7 Å². The van der Waals surface area contributed by atoms with Gasteiger partial charge in [-0.3, -0.25) is 0 Å². The molecular formula is C23H13BrN4O2. The molecule has 3 aromatic heterocycles. The maximum atomic E-state index is 12.4. The molecule has 0 radical (unpaired) electrons. The van der Waals surface area contributed by atoms with Gasteiger partial charge in [0.15, 0.2) is 5.65 Å². The number of aromatic nitrogens is 3. The molecule has 0 unspecified atom stereocenters. The van der Waals surface area contributed by atoms with Gasteiger partial charge in [0.2, 0.25) is 0 Å². The fraction of sp³-hybridized carbons (Fsp3) is 0.0435. The second-order valence-electron chi connectivity index (χ2n) is 6.93. The quantitative estimate of drug-likeness (QED) is 0.344. The molecule has 0 fully saturated rings. The minimum atomic E-state index is -0.667. The molecule has 7 heteroatoms. The van der Waals surface area contributed by atoms with E-state index in [1.807, 2.05) is 55.5 Å². The van der Waals surface area contributed by atoms with Crippen LogP contribution in [0.5, 0.6) is 0 Å². The van der Waals surface area contributed by atoms with Crippen LogP contribution in [0.2, 0.25) is 0 Å². The van der Waals surface area contributed by atoms with Crippen molar-refractivity contribution in [2.24, 2.45) is 0 Å². The summed E-state index contributed by atoms with van der Waals surface area (Å²) < 4.78 is 7.98. The van der Waals surface area contributed by atoms with E-state index in [2.05, 4.69) is 26.0 Å². The average molecular weight is 457 g/mol. The highest BCUT2D eigenvalue weighted by Crippen LogP contribution is 2.31. The third-order valence-electron chi connectivity index (χ3n) is 4.91. The highest BCUT2D eigenvalue weighted by atomic mass is 79.9. The van der Waals surface area contributed by atoms with E-state index in [9.17, 15) is 10.1 Å². The second kappa shape index (κ2) is 6.94. The molecule has 2 aromatic carbocycles. The lowest BCUT2D eigenvalue weighted by atomic mass is 9.99. The first-order valence-corrected chi connectivity index (χ1v) is 9.92. The number of nitriles is 1. The summed E-state index contributed by atoms with van der Waals surface area (Å²) >= 11 is 3.43. The van der Waals surface area contributed by atoms with Gasteiger partial charge in [-0.05, 0) is 31.2 Å². The predicted molar refractivity (Wildman–Crippen MR) is 117 cm³/mol. The molecule has 0 aliphatic carbocycles. The van der Waals surface area contributed by atoms with Gasteiger partial charge in [-0.15, -0.1) is 0 Å². The Balaban J connectivity index is 1.75. The summed E-state index contributed by atoms with van der Waals surface area (Å²) in [6, 6.07) is 17.2. The van der Waals surface area contributed by atoms with Gasteiger partial charge in [0, 0.05) is 45.0 Å². The van der Waals surface area contributed by atoms with Gasteiger partial charge in [-0.25, -0.2) is 14.3 Å². The number of fused-ring (bicyclic) bond motifs is 2. The van der Waals surface area contributed by atoms with Crippen LogP contribution >= 0.6 is 15.9 Å². The minimum absolute atomic E-state index is 0.0467. The van der Waals surface area contributed by atoms with E-state index in [1.54, 1.807) is 23.0 Å². The summed E-state index contributed by atoms with van der Waals surface area (Å²) in [5, 5.41) is 14.9. The summed E-state index contributed by atoms with van der Waals surface area (Å²) in [4.78, 5) is 16.9. The zero-order valence-electron chi connectivity index (χ0n) is 15.8. The summed E-state index contributed by atoms with van der Waals surface area (Å²) in [6.07, 6.45) is 3.43. The Hall–Kier alpha value is -3.76. The summed E-state index contributed by atoms with van der Waals surface area (Å²) in [5.74, 6) is 0. The van der Waals surface area contributed by atoms with Crippen molar-refractivity contribution in [1.82, 2.24) is 14.6 Å². The molecular weight excluding hydrogens is 444 g/mol. The van der Waals surface area contributed by atoms with Crippen LogP contribution in [0.4, 0.5) is 0 Å². The zero-order chi connectivity index (χ0) is 20.8. The Morgan fingerprint density at radius 3 is 2.67 bits per heavy atom. The van der Waals surface area contributed by atoms with Crippen molar-refractivity contribution in [2.75, 3.05) is 0 Å². The molecule has 0 saturated carbocycles. The first kappa shape index (κ1) is 18.3. The number of aryl methyl sites for hydroxylation is 1. The number of rotatable bonds is 2. The van der Waals surface area contributed by atoms with E-state index in [-0.39, 0.29) is 5.56 Å². The average Bonchev–Trinajstić information content (AvgIpc) is 3.17. The number of hydrogen-bond donors (Lipinski definition) is 0. The smallest absolute Gasteiger partial charge is 0.354 e. The van der Waals surface area contributed by atoms with Crippen molar-refractivity contribution in [2.45, 2.75) is 6.92 Å². The summed E-state index contributed by atoms with van der Waals surface area (Å²) in [5.41, 5.74) is 4.23. The van der Waals surface area contributed by atoms with E-state index in [4.69, 9.17) is 4.42 Å². The molecule has 0 N–H and O–H groups in total. The van der Waals surface area contributed by atoms with Crippen LogP contribution in [-0.2, 0) is 0 Å². The lowest BCUT2D eigenvalue weighted by molar-refractivity contribution is 0.559. The summed E-state index contributed by atoms with van der Waals surface area (Å²) in [7, 11) is 0. The van der Waals surface area contributed by atoms with Crippen molar-refractivity contribution in [3.05, 3.63) is 86.9 Å². The molecule has 5 aromatic rings. The van der Waals surface area contributed by atoms with Crippen LogP contribution in [0.15, 0.2) is 74.6 Å². The number of benzene rings is 2. The zero-order valence-corrected chi connectivity index (χ0v) is 17.3. The topological polar surface area (TPSA) is 84.2 Å². The first-order valence-electron chi connectivity index (χ1n) is 9.13. The van der Waals surface area contributed by atoms with E-state index < -0.39 is 5.63 Å². The van der Waals surface area contributed by atoms with Gasteiger partial charge >= 0.3 is 5.63 Å². The molecule has 3 heterocycles. The molecule has 144 valence electrons. The van der Waals surface area contributed by atoms with Gasteiger partial charge in [0.05, 0.1) is 5.69 Å². The predicted octanol–water partition coefficient (Wildman–Crippen LogP) is 5.11. The Kier molecular flexibility index (Phi) is 4.23. The van der Waals surface area contributed by atoms with Crippen molar-refractivity contribution in [1.29, 1.82) is 5.26 Å². The van der Waals surface area contributed by atoms with E-state index >= 15 is 0 Å². The molecule has 0 spiro atoms. The standard InChI is InChI=1S/C23H13BrN4O2/c1-13-2-7-20-17(8-13)22(18(10-25)23(29)30-20)15-11-26-21-9-19(27-28(21)12-15)14-3-5-16(24)6-4-14/h2-9,11-12H,1H3. The van der Waals surface area contributed by atoms with Crippen LogP contribution in [-0.4, -0.2) is 14.6 Å². The monoisotopic (exact) mass is 456 g/mol. The van der Waals surface area contributed by atoms with E-state index in [0.717, 1.165) is 21.3 Å². The van der Waals surface area contributed by atoms with E-state index in [1.165, 1.54) is 0 Å². The van der Waals surface area contributed by atoms with Gasteiger partial charge in [0.25, 0.3) is 0 Å². The fourth-order valence-electron chi connectivity index (χ4n) is 3.48. The lowest BCUT2D eigenvalue weighted by Gasteiger charge is -2.08. The number of halogens is 1. The first-order chi connectivity index (χ1) is 14.5. The third kappa shape index (κ3) is 2.98. The van der Waals surface area contributed by atoms with Gasteiger partial charge in [0.1, 0.15) is 17.2 Å². The van der Waals surface area contributed by atoms with Gasteiger partial charge in [-0.2, -0.15) is 10.4 Å². The van der Waals surface area contributed by atoms with Gasteiger partial charge < -0.3 is 4.42 Å². The number of hydrogen-bond acceptors (Lipinski definition) is 5. The molecule has 6 nitrogen and oxygen atoms in total. The van der Waals surface area contributed by atoms with Crippen molar-refractivity contribution in [3.63, 3.8) is 0 Å². The van der Waals surface area contributed by atoms with Crippen molar-refractivity contribution in [3.8, 4) is 28.5 Å². The largest absolute Gasteiger partial charge is 0.422 e. The molecule has 30 heavy (non-hydrogen) atoms. The Morgan fingerprint density at radius 2 is 1.90 bits per heavy atom. The SMILES string of the molecule is Cc1ccc2oc(=O)c(C#N)c(-c3cnc4cc(-c5ccc(Br)cc5)nn4c3)c2c1. The highest BCUT2D eigenvalue weighted by Gasteiger charge is 2.18. The molecule has 0 atom stereocenters. The summed E-state index contributed by atoms with van der Waals surface area (Å²) in [6.45, 7) is 1.94. The maximum Gasteiger partial charge on any atom is 0.354 e. The molecule has 0 aliphatic rings. The van der Waals surface area contributed by atoms with Gasteiger partial charge in [-0.1, -0.05) is 39.7 Å². The highest BCUT2D eigenvalue weighted by molar-refractivity contribution is 9.10.